The number of aryl methyl sites for hydroxylation is 2. The molecule has 2 aromatic rings. The predicted molar refractivity (Wildman–Crippen MR) is 73.8 cm³/mol. The Morgan fingerprint density at radius 1 is 1.00 bits per heavy atom. The van der Waals surface area contributed by atoms with Gasteiger partial charge in [0, 0.05) is 0 Å². The highest BCUT2D eigenvalue weighted by atomic mass is 32.2. The number of hydrogen-bond donors (Lipinski definition) is 0. The molecule has 2 heteroatoms. The van der Waals surface area contributed by atoms with E-state index in [1.807, 2.05) is 19.1 Å². The topological polar surface area (TPSA) is 4.36 Å². The van der Waals surface area contributed by atoms with E-state index >= 15 is 0 Å². The lowest BCUT2D eigenvalue weighted by Gasteiger charge is -2.07. The molecule has 0 aromatic heterocycles. The molecule has 84 valence electrons. The van der Waals surface area contributed by atoms with Crippen LogP contribution in [0, 0.1) is 20.4 Å². The summed E-state index contributed by atoms with van der Waals surface area (Å²) in [5.74, 6) is 0. The van der Waals surface area contributed by atoms with E-state index in [2.05, 4.69) is 41.5 Å². The first-order chi connectivity index (χ1) is 8.22. The van der Waals surface area contributed by atoms with Crippen LogP contribution in [-0.4, -0.2) is 0 Å². The second-order valence-electron chi connectivity index (χ2n) is 3.98. The first-order valence-corrected chi connectivity index (χ1v) is 6.20. The Hall–Kier alpha value is -1.72. The van der Waals surface area contributed by atoms with Crippen molar-refractivity contribution in [1.82, 2.24) is 0 Å². The van der Waals surface area contributed by atoms with Crippen LogP contribution in [0.5, 0.6) is 0 Å². The van der Waals surface area contributed by atoms with E-state index in [0.717, 1.165) is 10.5 Å². The van der Waals surface area contributed by atoms with E-state index in [1.165, 1.54) is 28.6 Å². The third-order valence-corrected chi connectivity index (χ3v) is 3.52. The van der Waals surface area contributed by atoms with Crippen molar-refractivity contribution in [3.63, 3.8) is 0 Å². The van der Waals surface area contributed by atoms with Crippen molar-refractivity contribution in [2.45, 2.75) is 18.7 Å². The first-order valence-electron chi connectivity index (χ1n) is 5.43. The van der Waals surface area contributed by atoms with Gasteiger partial charge in [-0.25, -0.2) is 10.8 Å². The van der Waals surface area contributed by atoms with Crippen LogP contribution in [0.1, 0.15) is 11.1 Å². The summed E-state index contributed by atoms with van der Waals surface area (Å²) in [5.41, 5.74) is 4.83. The summed E-state index contributed by atoms with van der Waals surface area (Å²) < 4.78 is 3.39. The Morgan fingerprint density at radius 2 is 1.76 bits per heavy atom. The van der Waals surface area contributed by atoms with Crippen molar-refractivity contribution in [3.05, 3.63) is 64.4 Å². The second-order valence-corrected chi connectivity index (χ2v) is 4.78. The lowest BCUT2D eigenvalue weighted by Crippen LogP contribution is -1.85. The quantitative estimate of drug-likeness (QED) is 0.533. The zero-order valence-corrected chi connectivity index (χ0v) is 10.7. The maximum atomic E-state index is 6.94. The minimum atomic E-state index is 1.04. The molecule has 0 fully saturated rings. The molecule has 17 heavy (non-hydrogen) atoms. The van der Waals surface area contributed by atoms with Gasteiger partial charge in [-0.15, -0.1) is 0 Å². The van der Waals surface area contributed by atoms with Crippen molar-refractivity contribution >= 4 is 11.9 Å². The fourth-order valence-electron chi connectivity index (χ4n) is 1.81. The van der Waals surface area contributed by atoms with Crippen molar-refractivity contribution in [2.75, 3.05) is 0 Å². The zero-order valence-electron chi connectivity index (χ0n) is 9.90. The molecule has 0 radical (unpaired) electrons. The highest BCUT2D eigenvalue weighted by Gasteiger charge is 2.07. The maximum Gasteiger partial charge on any atom is 0.294 e. The molecular weight excluding hydrogens is 226 g/mol. The normalized spacial score (nSPS) is 9.94. The molecular formula is C15H13NS. The molecule has 0 bridgehead atoms. The predicted octanol–water partition coefficient (Wildman–Crippen LogP) is 4.90. The molecule has 0 saturated heterocycles. The largest absolute Gasteiger partial charge is 0.294 e. The van der Waals surface area contributed by atoms with E-state index in [1.54, 1.807) is 0 Å². The number of benzene rings is 2. The Morgan fingerprint density at radius 3 is 2.47 bits per heavy atom. The average Bonchev–Trinajstić information content (AvgIpc) is 2.33. The van der Waals surface area contributed by atoms with E-state index in [-0.39, 0.29) is 0 Å². The van der Waals surface area contributed by atoms with Crippen LogP contribution in [0.15, 0.2) is 47.4 Å². The van der Waals surface area contributed by atoms with E-state index in [4.69, 9.17) is 6.57 Å². The Bertz CT molecular complexity index is 582. The third-order valence-electron chi connectivity index (χ3n) is 2.79. The van der Waals surface area contributed by atoms with Gasteiger partial charge in [-0.1, -0.05) is 36.4 Å². The van der Waals surface area contributed by atoms with Crippen LogP contribution in [-0.2, 0) is 0 Å². The summed E-state index contributed by atoms with van der Waals surface area (Å²) in [6.07, 6.45) is 0. The summed E-state index contributed by atoms with van der Waals surface area (Å²) in [7, 11) is 0. The van der Waals surface area contributed by atoms with E-state index < -0.39 is 0 Å². The van der Waals surface area contributed by atoms with Gasteiger partial charge in [0.05, 0.1) is 4.90 Å². The van der Waals surface area contributed by atoms with Crippen molar-refractivity contribution in [1.29, 1.82) is 0 Å². The Kier molecular flexibility index (Phi) is 3.51. The van der Waals surface area contributed by atoms with Crippen LogP contribution in [0.4, 0.5) is 0 Å². The van der Waals surface area contributed by atoms with Gasteiger partial charge in [0.25, 0.3) is 11.9 Å². The van der Waals surface area contributed by atoms with Gasteiger partial charge in [-0.2, -0.15) is 0 Å². The molecule has 0 aliphatic rings. The zero-order chi connectivity index (χ0) is 12.3. The summed E-state index contributed by atoms with van der Waals surface area (Å²) in [4.78, 5) is 1.04. The summed E-state index contributed by atoms with van der Waals surface area (Å²) in [6.45, 7) is 11.1. The molecule has 1 nitrogen and oxygen atoms in total. The average molecular weight is 239 g/mol. The number of rotatable bonds is 2. The maximum absolute atomic E-state index is 6.94. The fraction of sp³-hybridized carbons (Fsp3) is 0.133. The van der Waals surface area contributed by atoms with Crippen LogP contribution in [0.2, 0.25) is 0 Å². The standard InChI is InChI=1S/C15H13NS/c1-11-6-4-5-7-14(11)13-9-8-12(2)15(10-13)17-16-3/h4-10H,1-2H3. The minimum absolute atomic E-state index is 1.04. The Balaban J connectivity index is 2.51. The lowest BCUT2D eigenvalue weighted by molar-refractivity contribution is 1.30. The SMILES string of the molecule is [C-]#[N+]Sc1cc(-c2ccccc2C)ccc1C. The number of nitrogens with zero attached hydrogens (tertiary/aromatic N) is 1. The van der Waals surface area contributed by atoms with Crippen molar-refractivity contribution in [3.8, 4) is 11.1 Å². The molecule has 0 atom stereocenters. The van der Waals surface area contributed by atoms with E-state index in [0.29, 0.717) is 0 Å². The van der Waals surface area contributed by atoms with Gasteiger partial charge < -0.3 is 0 Å². The summed E-state index contributed by atoms with van der Waals surface area (Å²) in [5, 5.41) is 0. The van der Waals surface area contributed by atoms with Crippen LogP contribution < -0.4 is 0 Å². The molecule has 0 aliphatic carbocycles. The molecule has 2 rings (SSSR count). The van der Waals surface area contributed by atoms with E-state index in [9.17, 15) is 0 Å². The Labute approximate surface area is 106 Å². The van der Waals surface area contributed by atoms with Crippen LogP contribution in [0.25, 0.3) is 15.4 Å². The van der Waals surface area contributed by atoms with Gasteiger partial charge in [0.1, 0.15) is 0 Å². The smallest absolute Gasteiger partial charge is 0.223 e. The van der Waals surface area contributed by atoms with Crippen molar-refractivity contribution in [2.24, 2.45) is 0 Å². The van der Waals surface area contributed by atoms with Gasteiger partial charge in [-0.05, 0) is 42.2 Å². The molecule has 0 saturated carbocycles. The fourth-order valence-corrected chi connectivity index (χ4v) is 2.30. The molecule has 0 unspecified atom stereocenters. The van der Waals surface area contributed by atoms with Gasteiger partial charge in [-0.3, -0.25) is 0 Å². The number of hydrogen-bond acceptors (Lipinski definition) is 1. The molecule has 0 amide bonds. The first kappa shape index (κ1) is 11.8. The van der Waals surface area contributed by atoms with Crippen molar-refractivity contribution < 1.29 is 0 Å². The minimum Gasteiger partial charge on any atom is -0.223 e. The van der Waals surface area contributed by atoms with Crippen LogP contribution >= 0.6 is 11.9 Å². The van der Waals surface area contributed by atoms with Gasteiger partial charge in [0.15, 0.2) is 0 Å². The van der Waals surface area contributed by atoms with Crippen LogP contribution in [0.3, 0.4) is 0 Å². The van der Waals surface area contributed by atoms with Gasteiger partial charge in [0.2, 0.25) is 0 Å². The molecule has 0 spiro atoms. The molecule has 0 aliphatic heterocycles. The second kappa shape index (κ2) is 5.07. The molecule has 0 N–H and O–H groups in total. The summed E-state index contributed by atoms with van der Waals surface area (Å²) in [6, 6.07) is 14.6. The molecule has 2 aromatic carbocycles. The highest BCUT2D eigenvalue weighted by molar-refractivity contribution is 8.01. The third kappa shape index (κ3) is 2.51. The summed E-state index contributed by atoms with van der Waals surface area (Å²) >= 11 is 1.21. The molecule has 0 heterocycles. The monoisotopic (exact) mass is 239 g/mol. The lowest BCUT2D eigenvalue weighted by atomic mass is 10.00. The van der Waals surface area contributed by atoms with Gasteiger partial charge >= 0.3 is 0 Å². The highest BCUT2D eigenvalue weighted by Crippen LogP contribution is 2.30.